The highest BCUT2D eigenvalue weighted by Crippen LogP contribution is 2.36. The summed E-state index contributed by atoms with van der Waals surface area (Å²) in [4.78, 5) is 4.73. The highest BCUT2D eigenvalue weighted by atomic mass is 127. The zero-order valence-corrected chi connectivity index (χ0v) is 19.3. The molecule has 2 aromatic rings. The molecule has 1 atom stereocenters. The van der Waals surface area contributed by atoms with Gasteiger partial charge in [0.25, 0.3) is 0 Å². The molecular formula is C20H30IN5S. The van der Waals surface area contributed by atoms with Crippen LogP contribution in [0.3, 0.4) is 0 Å². The summed E-state index contributed by atoms with van der Waals surface area (Å²) in [5.74, 6) is 2.16. The second kappa shape index (κ2) is 10.9. The van der Waals surface area contributed by atoms with Crippen LogP contribution < -0.4 is 10.6 Å². The molecular weight excluding hydrogens is 469 g/mol. The monoisotopic (exact) mass is 499 g/mol. The van der Waals surface area contributed by atoms with Crippen LogP contribution in [0.25, 0.3) is 0 Å². The zero-order chi connectivity index (χ0) is 18.2. The van der Waals surface area contributed by atoms with Crippen molar-refractivity contribution in [3.63, 3.8) is 0 Å². The first-order chi connectivity index (χ1) is 12.7. The fraction of sp³-hybridized carbons (Fsp3) is 0.500. The molecule has 1 unspecified atom stereocenters. The Morgan fingerprint density at radius 2 is 2.07 bits per heavy atom. The van der Waals surface area contributed by atoms with Crippen molar-refractivity contribution in [1.82, 2.24) is 20.4 Å². The second-order valence-corrected chi connectivity index (χ2v) is 8.66. The van der Waals surface area contributed by atoms with E-state index in [0.29, 0.717) is 11.3 Å². The smallest absolute Gasteiger partial charge is 0.191 e. The lowest BCUT2D eigenvalue weighted by Crippen LogP contribution is -2.43. The Labute approximate surface area is 183 Å². The topological polar surface area (TPSA) is 54.2 Å². The van der Waals surface area contributed by atoms with Crippen LogP contribution in [0.1, 0.15) is 37.8 Å². The van der Waals surface area contributed by atoms with Crippen molar-refractivity contribution in [2.45, 2.75) is 44.5 Å². The van der Waals surface area contributed by atoms with E-state index in [-0.39, 0.29) is 24.0 Å². The third-order valence-corrected chi connectivity index (χ3v) is 6.11. The standard InChI is InChI=1S/C20H29N5S.HI/c1-3-21-19(23-16-20(2)10-7-11-26-20)22-12-18-13-24-25(15-18)14-17-8-5-4-6-9-17;/h4-6,8-9,13,15H,3,7,10-12,14,16H2,1-2H3,(H2,21,22,23);1H. The first-order valence-corrected chi connectivity index (χ1v) is 10.4. The van der Waals surface area contributed by atoms with Gasteiger partial charge in [0, 0.05) is 29.6 Å². The highest BCUT2D eigenvalue weighted by molar-refractivity contribution is 14.0. The van der Waals surface area contributed by atoms with E-state index >= 15 is 0 Å². The third kappa shape index (κ3) is 7.03. The maximum Gasteiger partial charge on any atom is 0.191 e. The third-order valence-electron chi connectivity index (χ3n) is 4.57. The molecule has 0 aliphatic carbocycles. The fourth-order valence-corrected chi connectivity index (χ4v) is 4.35. The number of thioether (sulfide) groups is 1. The normalized spacial score (nSPS) is 19.6. The number of guanidine groups is 1. The number of hydrogen-bond donors (Lipinski definition) is 2. The first-order valence-electron chi connectivity index (χ1n) is 9.38. The van der Waals surface area contributed by atoms with Crippen LogP contribution in [0.4, 0.5) is 0 Å². The maximum absolute atomic E-state index is 4.73. The molecule has 0 spiro atoms. The SMILES string of the molecule is CCNC(=NCc1cnn(Cc2ccccc2)c1)NCC1(C)CCCS1.I. The molecule has 1 aromatic carbocycles. The summed E-state index contributed by atoms with van der Waals surface area (Å²) in [6.45, 7) is 7.68. The molecule has 0 radical (unpaired) electrons. The molecule has 1 fully saturated rings. The molecule has 1 saturated heterocycles. The molecule has 1 aromatic heterocycles. The predicted molar refractivity (Wildman–Crippen MR) is 126 cm³/mol. The number of nitrogens with zero attached hydrogens (tertiary/aromatic N) is 3. The van der Waals surface area contributed by atoms with Gasteiger partial charge < -0.3 is 10.6 Å². The minimum absolute atomic E-state index is 0. The molecule has 1 aliphatic rings. The van der Waals surface area contributed by atoms with Gasteiger partial charge in [-0.15, -0.1) is 24.0 Å². The molecule has 0 bridgehead atoms. The lowest BCUT2D eigenvalue weighted by molar-refractivity contribution is 0.584. The molecule has 1 aliphatic heterocycles. The van der Waals surface area contributed by atoms with E-state index in [1.165, 1.54) is 24.2 Å². The van der Waals surface area contributed by atoms with Gasteiger partial charge in [-0.05, 0) is 38.0 Å². The van der Waals surface area contributed by atoms with Crippen LogP contribution in [0.2, 0.25) is 0 Å². The van der Waals surface area contributed by atoms with Crippen LogP contribution >= 0.6 is 35.7 Å². The maximum atomic E-state index is 4.73. The van der Waals surface area contributed by atoms with Crippen molar-refractivity contribution in [2.75, 3.05) is 18.8 Å². The Morgan fingerprint density at radius 3 is 2.78 bits per heavy atom. The molecule has 7 heteroatoms. The van der Waals surface area contributed by atoms with Gasteiger partial charge in [0.05, 0.1) is 19.3 Å². The van der Waals surface area contributed by atoms with Crippen molar-refractivity contribution >= 4 is 41.7 Å². The minimum Gasteiger partial charge on any atom is -0.357 e. The second-order valence-electron chi connectivity index (χ2n) is 6.98. The van der Waals surface area contributed by atoms with Crippen LogP contribution in [-0.4, -0.2) is 39.3 Å². The van der Waals surface area contributed by atoms with Crippen LogP contribution in [0, 0.1) is 0 Å². The van der Waals surface area contributed by atoms with Crippen LogP contribution in [0.15, 0.2) is 47.7 Å². The molecule has 0 amide bonds. The predicted octanol–water partition coefficient (Wildman–Crippen LogP) is 3.89. The fourth-order valence-electron chi connectivity index (χ4n) is 3.10. The quantitative estimate of drug-likeness (QED) is 0.345. The van der Waals surface area contributed by atoms with Crippen molar-refractivity contribution in [3.8, 4) is 0 Å². The van der Waals surface area contributed by atoms with E-state index in [2.05, 4.69) is 71.8 Å². The van der Waals surface area contributed by atoms with Gasteiger partial charge in [-0.3, -0.25) is 4.68 Å². The lowest BCUT2D eigenvalue weighted by Gasteiger charge is -2.24. The number of rotatable bonds is 7. The Morgan fingerprint density at radius 1 is 1.26 bits per heavy atom. The van der Waals surface area contributed by atoms with Gasteiger partial charge in [-0.2, -0.15) is 16.9 Å². The largest absolute Gasteiger partial charge is 0.357 e. The minimum atomic E-state index is 0. The molecule has 3 rings (SSSR count). The molecule has 5 nitrogen and oxygen atoms in total. The first kappa shape index (κ1) is 22.1. The van der Waals surface area contributed by atoms with E-state index in [1.807, 2.05) is 16.9 Å². The average Bonchev–Trinajstić information content (AvgIpc) is 3.28. The number of hydrogen-bond acceptors (Lipinski definition) is 3. The lowest BCUT2D eigenvalue weighted by atomic mass is 10.1. The van der Waals surface area contributed by atoms with E-state index in [1.54, 1.807) is 0 Å². The Balaban J connectivity index is 0.00000261. The Kier molecular flexibility index (Phi) is 8.95. The number of aromatic nitrogens is 2. The summed E-state index contributed by atoms with van der Waals surface area (Å²) < 4.78 is 2.30. The summed E-state index contributed by atoms with van der Waals surface area (Å²) in [6.07, 6.45) is 6.58. The van der Waals surface area contributed by atoms with Gasteiger partial charge in [0.15, 0.2) is 5.96 Å². The molecule has 148 valence electrons. The molecule has 27 heavy (non-hydrogen) atoms. The van der Waals surface area contributed by atoms with Crippen molar-refractivity contribution in [3.05, 3.63) is 53.9 Å². The van der Waals surface area contributed by atoms with Gasteiger partial charge in [-0.1, -0.05) is 30.3 Å². The van der Waals surface area contributed by atoms with E-state index < -0.39 is 0 Å². The van der Waals surface area contributed by atoms with Crippen molar-refractivity contribution in [2.24, 2.45) is 4.99 Å². The average molecular weight is 499 g/mol. The van der Waals surface area contributed by atoms with E-state index in [4.69, 9.17) is 4.99 Å². The summed E-state index contributed by atoms with van der Waals surface area (Å²) in [7, 11) is 0. The molecule has 2 heterocycles. The summed E-state index contributed by atoms with van der Waals surface area (Å²) in [5.41, 5.74) is 2.38. The molecule has 0 saturated carbocycles. The van der Waals surface area contributed by atoms with Crippen molar-refractivity contribution < 1.29 is 0 Å². The molecule has 2 N–H and O–H groups in total. The van der Waals surface area contributed by atoms with E-state index in [0.717, 1.165) is 31.2 Å². The Hall–Kier alpha value is -1.22. The van der Waals surface area contributed by atoms with E-state index in [9.17, 15) is 0 Å². The summed E-state index contributed by atoms with van der Waals surface area (Å²) in [6, 6.07) is 10.4. The number of aliphatic imine (C=N–C) groups is 1. The van der Waals surface area contributed by atoms with Gasteiger partial charge >= 0.3 is 0 Å². The zero-order valence-electron chi connectivity index (χ0n) is 16.1. The van der Waals surface area contributed by atoms with Gasteiger partial charge in [0.1, 0.15) is 0 Å². The van der Waals surface area contributed by atoms with Crippen molar-refractivity contribution in [1.29, 1.82) is 0 Å². The van der Waals surface area contributed by atoms with Gasteiger partial charge in [0.2, 0.25) is 0 Å². The number of benzene rings is 1. The highest BCUT2D eigenvalue weighted by Gasteiger charge is 2.29. The van der Waals surface area contributed by atoms with Crippen LogP contribution in [0.5, 0.6) is 0 Å². The Bertz CT molecular complexity index is 710. The summed E-state index contributed by atoms with van der Waals surface area (Å²) in [5, 5.41) is 11.3. The van der Waals surface area contributed by atoms with Gasteiger partial charge in [-0.25, -0.2) is 4.99 Å². The number of halogens is 1. The summed E-state index contributed by atoms with van der Waals surface area (Å²) >= 11 is 2.06. The number of nitrogens with one attached hydrogen (secondary N) is 2. The van der Waals surface area contributed by atoms with Crippen LogP contribution in [-0.2, 0) is 13.1 Å².